The molecule has 68 heavy (non-hydrogen) atoms. The van der Waals surface area contributed by atoms with Crippen LogP contribution in [0, 0.1) is 18.2 Å². The number of aromatic nitrogens is 4. The predicted molar refractivity (Wildman–Crippen MR) is 275 cm³/mol. The molecule has 0 aliphatic heterocycles. The van der Waals surface area contributed by atoms with Gasteiger partial charge in [0.15, 0.2) is 0 Å². The zero-order valence-corrected chi connectivity index (χ0v) is 38.7. The van der Waals surface area contributed by atoms with E-state index >= 15 is 0 Å². The summed E-state index contributed by atoms with van der Waals surface area (Å²) < 4.78 is 79.1. The molecule has 5 heterocycles. The van der Waals surface area contributed by atoms with Crippen molar-refractivity contribution in [2.75, 3.05) is 0 Å². The van der Waals surface area contributed by atoms with E-state index in [1.165, 1.54) is 30.3 Å². The zero-order chi connectivity index (χ0) is 51.7. The first-order chi connectivity index (χ1) is 36.2. The molecule has 0 spiro atoms. The Morgan fingerprint density at radius 1 is 0.426 bits per heavy atom. The van der Waals surface area contributed by atoms with Crippen LogP contribution in [0.2, 0.25) is 0 Å². The zero-order valence-electron chi connectivity index (χ0n) is 44.3. The van der Waals surface area contributed by atoms with Crippen LogP contribution >= 0.6 is 0 Å². The fourth-order valence-corrected chi connectivity index (χ4v) is 9.02. The molecule has 0 aliphatic rings. The van der Waals surface area contributed by atoms with Crippen molar-refractivity contribution in [2.45, 2.75) is 25.5 Å². The number of hydrogen-bond donors (Lipinski definition) is 0. The third-order valence-corrected chi connectivity index (χ3v) is 12.1. The number of para-hydroxylation sites is 1. The van der Waals surface area contributed by atoms with E-state index in [1.54, 1.807) is 55.0 Å². The number of pyridine rings is 4. The van der Waals surface area contributed by atoms with Crippen LogP contribution in [-0.4, -0.2) is 19.4 Å². The van der Waals surface area contributed by atoms with E-state index in [9.17, 15) is 11.0 Å². The first-order valence-corrected chi connectivity index (χ1v) is 22.1. The minimum Gasteiger partial charge on any atom is -0.324 e. The molecule has 5 aromatic heterocycles. The smallest absolute Gasteiger partial charge is 0.324 e. The van der Waals surface area contributed by atoms with Crippen LogP contribution in [0.3, 0.4) is 0 Å². The van der Waals surface area contributed by atoms with Gasteiger partial charge >= 0.3 is 20.1 Å². The summed E-state index contributed by atoms with van der Waals surface area (Å²) in [5.41, 5.74) is 10.3. The van der Waals surface area contributed by atoms with Gasteiger partial charge in [0.1, 0.15) is 0 Å². The van der Waals surface area contributed by atoms with Gasteiger partial charge in [0.25, 0.3) is 0 Å². The Labute approximate surface area is 421 Å². The molecule has 0 aliphatic carbocycles. The summed E-state index contributed by atoms with van der Waals surface area (Å²) in [7, 11) is 0. The molecule has 0 saturated heterocycles. The molecule has 12 rings (SSSR count). The van der Waals surface area contributed by atoms with Crippen LogP contribution in [-0.2, 0) is 45.6 Å². The number of fused-ring (bicyclic) bond motifs is 8. The van der Waals surface area contributed by atoms with Crippen molar-refractivity contribution in [3.8, 4) is 55.9 Å². The SMILES string of the molecule is [2H]C([2H])(c1c[c-]c(-c2ccccn2)cc1)C([2H])([2H])c1cc(-c2ccccc2-c2c[c-]c3c(c2)c2c(-c4ccccc4)c4ccccc4n2c2cccnc32)cc(C([2H])([2H])C([2H])([2H])c2c[c-]c(-c3ccccn3)cc2)c1.[Ir+3]. The van der Waals surface area contributed by atoms with Crippen molar-refractivity contribution in [1.82, 2.24) is 19.4 Å². The van der Waals surface area contributed by atoms with Crippen LogP contribution in [0.1, 0.15) is 33.2 Å². The minimum atomic E-state index is -2.81. The number of rotatable bonds is 11. The van der Waals surface area contributed by atoms with Gasteiger partial charge in [0, 0.05) is 57.1 Å². The largest absolute Gasteiger partial charge is 3.00 e. The van der Waals surface area contributed by atoms with Crippen molar-refractivity contribution in [1.29, 1.82) is 0 Å². The Kier molecular flexibility index (Phi) is 9.54. The topological polar surface area (TPSA) is 43.1 Å². The van der Waals surface area contributed by atoms with Crippen molar-refractivity contribution in [3.05, 3.63) is 253 Å². The molecule has 7 aromatic carbocycles. The number of aryl methyl sites for hydroxylation is 4. The molecule has 4 nitrogen and oxygen atoms in total. The summed E-state index contributed by atoms with van der Waals surface area (Å²) in [6.07, 6.45) is -5.94. The standard InChI is InChI=1S/C63H43N4.Ir/c1-2-13-49(14-3-1)61-55-17-6-7-20-59(55)67-60-21-12-38-66-62(60)54-35-34-50(42-56(54)63(61)67)52-15-4-5-16-53(52)51-40-45(24-22-43-26-30-47(31-27-43)57-18-8-10-36-64-57)39-46(41-51)25-23-44-28-32-48(33-29-44)58-19-9-11-37-65-58;/h1-21,26-30,32,34,36-42H,22-25H2;/q-3;+3/i22D2,23D2,24D2,25D2;. The van der Waals surface area contributed by atoms with E-state index < -0.39 is 25.5 Å². The summed E-state index contributed by atoms with van der Waals surface area (Å²) in [6.45, 7) is 0. The molecule has 5 heteroatoms. The number of benzene rings is 7. The third kappa shape index (κ3) is 8.21. The van der Waals surface area contributed by atoms with Crippen LogP contribution in [0.25, 0.3) is 94.1 Å². The molecule has 0 N–H and O–H groups in total. The number of nitrogens with zero attached hydrogens (tertiary/aromatic N) is 4. The molecule has 0 amide bonds. The molecular weight excluding hydrogens is 1000 g/mol. The fraction of sp³-hybridized carbons (Fsp3) is 0.0635. The quantitative estimate of drug-likeness (QED) is 0.0958. The second-order valence-corrected chi connectivity index (χ2v) is 16.2. The van der Waals surface area contributed by atoms with Crippen molar-refractivity contribution >= 4 is 38.2 Å². The first kappa shape index (κ1) is 34.5. The Bertz CT molecular complexity index is 3990. The second kappa shape index (κ2) is 18.8. The normalized spacial score (nSPS) is 13.9. The summed E-state index contributed by atoms with van der Waals surface area (Å²) in [5, 5.41) is 2.79. The Morgan fingerprint density at radius 3 is 1.63 bits per heavy atom. The average molecular weight is 1060 g/mol. The maximum absolute atomic E-state index is 9.72. The summed E-state index contributed by atoms with van der Waals surface area (Å²) in [5.74, 6) is 0. The van der Waals surface area contributed by atoms with Gasteiger partial charge in [-0.25, -0.2) is 0 Å². The van der Waals surface area contributed by atoms with Crippen molar-refractivity contribution in [3.63, 3.8) is 0 Å². The predicted octanol–water partition coefficient (Wildman–Crippen LogP) is 14.9. The summed E-state index contributed by atoms with van der Waals surface area (Å²) >= 11 is 0. The van der Waals surface area contributed by atoms with Crippen LogP contribution in [0.4, 0.5) is 0 Å². The first-order valence-electron chi connectivity index (χ1n) is 26.1. The van der Waals surface area contributed by atoms with E-state index in [0.717, 1.165) is 54.9 Å². The van der Waals surface area contributed by atoms with E-state index in [4.69, 9.17) is 4.98 Å². The van der Waals surface area contributed by atoms with Crippen LogP contribution < -0.4 is 0 Å². The van der Waals surface area contributed by atoms with Gasteiger partial charge in [-0.2, -0.15) is 0 Å². The Balaban J connectivity index is 0.00000616. The van der Waals surface area contributed by atoms with Crippen molar-refractivity contribution < 1.29 is 31.1 Å². The summed E-state index contributed by atoms with van der Waals surface area (Å²) in [4.78, 5) is 13.7. The molecule has 324 valence electrons. The van der Waals surface area contributed by atoms with Gasteiger partial charge in [-0.1, -0.05) is 145 Å². The summed E-state index contributed by atoms with van der Waals surface area (Å²) in [6, 6.07) is 68.5. The van der Waals surface area contributed by atoms with Gasteiger partial charge in [-0.15, -0.1) is 94.4 Å². The van der Waals surface area contributed by atoms with Gasteiger partial charge < -0.3 is 19.4 Å². The Morgan fingerprint density at radius 2 is 1.00 bits per heavy atom. The number of hydrogen-bond acceptors (Lipinski definition) is 3. The molecule has 0 saturated carbocycles. The van der Waals surface area contributed by atoms with Crippen LogP contribution in [0.15, 0.2) is 213 Å². The molecular formula is C63H43IrN4. The third-order valence-electron chi connectivity index (χ3n) is 12.1. The monoisotopic (exact) mass is 1060 g/mol. The maximum atomic E-state index is 9.72. The molecule has 0 unspecified atom stereocenters. The Hall–Kier alpha value is -7.82. The molecule has 0 bridgehead atoms. The molecule has 0 fully saturated rings. The van der Waals surface area contributed by atoms with Gasteiger partial charge in [0.2, 0.25) is 0 Å². The van der Waals surface area contributed by atoms with E-state index in [1.807, 2.05) is 91.0 Å². The molecule has 0 radical (unpaired) electrons. The van der Waals surface area contributed by atoms with E-state index in [0.29, 0.717) is 39.2 Å². The van der Waals surface area contributed by atoms with E-state index in [2.05, 4.69) is 69.0 Å². The second-order valence-electron chi connectivity index (χ2n) is 16.2. The maximum Gasteiger partial charge on any atom is 3.00 e. The minimum absolute atomic E-state index is 0. The van der Waals surface area contributed by atoms with Gasteiger partial charge in [-0.05, 0) is 82.3 Å². The average Bonchev–Trinajstić information content (AvgIpc) is 3.86. The molecule has 12 aromatic rings. The van der Waals surface area contributed by atoms with Crippen molar-refractivity contribution in [2.24, 2.45) is 0 Å². The van der Waals surface area contributed by atoms with Gasteiger partial charge in [-0.3, -0.25) is 0 Å². The van der Waals surface area contributed by atoms with E-state index in [-0.39, 0.29) is 42.4 Å². The molecule has 0 atom stereocenters. The fourth-order valence-electron chi connectivity index (χ4n) is 9.02. The van der Waals surface area contributed by atoms with Gasteiger partial charge in [0.05, 0.1) is 5.52 Å². The van der Waals surface area contributed by atoms with Crippen LogP contribution in [0.5, 0.6) is 0 Å².